The minimum absolute atomic E-state index is 0.253. The van der Waals surface area contributed by atoms with Crippen LogP contribution in [0.15, 0.2) is 0 Å². The van der Waals surface area contributed by atoms with E-state index in [9.17, 15) is 8.42 Å². The molecule has 4 nitrogen and oxygen atoms in total. The Labute approximate surface area is 93.9 Å². The van der Waals surface area contributed by atoms with Crippen molar-refractivity contribution in [1.82, 2.24) is 4.31 Å². The molecule has 5 heteroatoms. The van der Waals surface area contributed by atoms with Crippen LogP contribution >= 0.6 is 0 Å². The first-order chi connectivity index (χ1) is 6.94. The Bertz CT molecular complexity index is 250. The molecule has 0 atom stereocenters. The zero-order valence-corrected chi connectivity index (χ0v) is 10.9. The minimum atomic E-state index is -3.06. The van der Waals surface area contributed by atoms with Crippen molar-refractivity contribution >= 4 is 10.0 Å². The molecule has 0 aromatic carbocycles. The summed E-state index contributed by atoms with van der Waals surface area (Å²) in [7, 11) is -3.06. The monoisotopic (exact) mass is 236 g/mol. The van der Waals surface area contributed by atoms with Crippen LogP contribution in [0.2, 0.25) is 0 Å². The lowest BCUT2D eigenvalue weighted by Gasteiger charge is -2.20. The fourth-order valence-electron chi connectivity index (χ4n) is 1.28. The van der Waals surface area contributed by atoms with Crippen LogP contribution in [-0.4, -0.2) is 38.1 Å². The molecule has 0 fully saturated rings. The smallest absolute Gasteiger partial charge is 0.214 e. The fraction of sp³-hybridized carbons (Fsp3) is 1.00. The van der Waals surface area contributed by atoms with E-state index in [0.717, 1.165) is 12.8 Å². The molecule has 0 radical (unpaired) electrons. The van der Waals surface area contributed by atoms with Crippen LogP contribution < -0.4 is 5.73 Å². The molecular weight excluding hydrogens is 212 g/mol. The average molecular weight is 236 g/mol. The number of hydrogen-bond acceptors (Lipinski definition) is 3. The highest BCUT2D eigenvalue weighted by Gasteiger charge is 2.19. The lowest BCUT2D eigenvalue weighted by Crippen LogP contribution is -2.34. The molecule has 0 aromatic heterocycles. The summed E-state index contributed by atoms with van der Waals surface area (Å²) in [5, 5.41) is 0. The molecule has 15 heavy (non-hydrogen) atoms. The molecule has 0 amide bonds. The van der Waals surface area contributed by atoms with Gasteiger partial charge in [-0.3, -0.25) is 0 Å². The van der Waals surface area contributed by atoms with Crippen molar-refractivity contribution in [1.29, 1.82) is 0 Å². The maximum Gasteiger partial charge on any atom is 0.214 e. The summed E-state index contributed by atoms with van der Waals surface area (Å²) in [6, 6.07) is 0. The van der Waals surface area contributed by atoms with Gasteiger partial charge in [0.25, 0.3) is 0 Å². The van der Waals surface area contributed by atoms with Crippen molar-refractivity contribution in [3.05, 3.63) is 0 Å². The van der Waals surface area contributed by atoms with Crippen molar-refractivity contribution < 1.29 is 8.42 Å². The Morgan fingerprint density at radius 3 is 2.33 bits per heavy atom. The molecule has 0 bridgehead atoms. The second kappa shape index (κ2) is 7.19. The molecule has 0 saturated heterocycles. The maximum atomic E-state index is 11.9. The highest BCUT2D eigenvalue weighted by molar-refractivity contribution is 7.89. The Hall–Kier alpha value is -0.130. The van der Waals surface area contributed by atoms with Gasteiger partial charge in [0.2, 0.25) is 10.0 Å². The average Bonchev–Trinajstić information content (AvgIpc) is 2.16. The third kappa shape index (κ3) is 6.12. The summed E-state index contributed by atoms with van der Waals surface area (Å²) in [5.74, 6) is 0.677. The predicted molar refractivity (Wildman–Crippen MR) is 64.2 cm³/mol. The molecular formula is C10H24N2O2S. The maximum absolute atomic E-state index is 11.9. The third-order valence-electron chi connectivity index (χ3n) is 2.31. The van der Waals surface area contributed by atoms with Crippen molar-refractivity contribution in [2.45, 2.75) is 33.6 Å². The molecule has 0 aliphatic rings. The van der Waals surface area contributed by atoms with Crippen LogP contribution in [0, 0.1) is 5.92 Å². The first-order valence-electron chi connectivity index (χ1n) is 5.62. The first-order valence-corrected chi connectivity index (χ1v) is 7.22. The van der Waals surface area contributed by atoms with Gasteiger partial charge in [0.1, 0.15) is 0 Å². The number of nitrogens with zero attached hydrogens (tertiary/aromatic N) is 1. The number of sulfonamides is 1. The fourth-order valence-corrected chi connectivity index (χ4v) is 3.10. The van der Waals surface area contributed by atoms with Gasteiger partial charge in [-0.15, -0.1) is 0 Å². The second-order valence-electron chi connectivity index (χ2n) is 4.13. The number of nitrogens with two attached hydrogens (primary N) is 1. The Morgan fingerprint density at radius 1 is 1.33 bits per heavy atom. The molecule has 92 valence electrons. The van der Waals surface area contributed by atoms with Crippen molar-refractivity contribution in [2.75, 3.05) is 25.4 Å². The summed E-state index contributed by atoms with van der Waals surface area (Å²) < 4.78 is 25.2. The van der Waals surface area contributed by atoms with E-state index in [2.05, 4.69) is 0 Å². The van der Waals surface area contributed by atoms with E-state index >= 15 is 0 Å². The molecule has 0 rings (SSSR count). The van der Waals surface area contributed by atoms with Crippen LogP contribution in [0.5, 0.6) is 0 Å². The summed E-state index contributed by atoms with van der Waals surface area (Å²) in [4.78, 5) is 0. The molecule has 2 N–H and O–H groups in total. The van der Waals surface area contributed by atoms with Gasteiger partial charge in [0, 0.05) is 13.1 Å². The van der Waals surface area contributed by atoms with Gasteiger partial charge in [-0.1, -0.05) is 20.8 Å². The molecule has 0 aromatic rings. The summed E-state index contributed by atoms with van der Waals surface area (Å²) >= 11 is 0. The standard InChI is InChI=1S/C10H24N2O2S/c1-4-12(8-5-7-11)15(13,14)9-6-10(2)3/h10H,4-9,11H2,1-3H3. The molecule has 0 spiro atoms. The highest BCUT2D eigenvalue weighted by Crippen LogP contribution is 2.08. The Morgan fingerprint density at radius 2 is 1.93 bits per heavy atom. The largest absolute Gasteiger partial charge is 0.330 e. The van der Waals surface area contributed by atoms with Gasteiger partial charge in [-0.2, -0.15) is 0 Å². The zero-order chi connectivity index (χ0) is 11.9. The first kappa shape index (κ1) is 14.9. The van der Waals surface area contributed by atoms with Crippen LogP contribution in [0.25, 0.3) is 0 Å². The minimum Gasteiger partial charge on any atom is -0.330 e. The van der Waals surface area contributed by atoms with Gasteiger partial charge < -0.3 is 5.73 Å². The summed E-state index contributed by atoms with van der Waals surface area (Å²) in [6.45, 7) is 7.56. The second-order valence-corrected chi connectivity index (χ2v) is 6.22. The van der Waals surface area contributed by atoms with Gasteiger partial charge in [-0.05, 0) is 25.3 Å². The quantitative estimate of drug-likeness (QED) is 0.684. The van der Waals surface area contributed by atoms with Crippen molar-refractivity contribution in [3.63, 3.8) is 0 Å². The van der Waals surface area contributed by atoms with Crippen molar-refractivity contribution in [2.24, 2.45) is 11.7 Å². The third-order valence-corrected chi connectivity index (χ3v) is 4.29. The van der Waals surface area contributed by atoms with E-state index in [0.29, 0.717) is 25.6 Å². The van der Waals surface area contributed by atoms with Gasteiger partial charge in [0.15, 0.2) is 0 Å². The molecule has 0 aliphatic heterocycles. The van der Waals surface area contributed by atoms with Crippen LogP contribution in [0.1, 0.15) is 33.6 Å². The molecule has 0 aliphatic carbocycles. The normalized spacial score (nSPS) is 12.7. The highest BCUT2D eigenvalue weighted by atomic mass is 32.2. The van der Waals surface area contributed by atoms with Gasteiger partial charge in [-0.25, -0.2) is 12.7 Å². The van der Waals surface area contributed by atoms with E-state index < -0.39 is 10.0 Å². The number of hydrogen-bond donors (Lipinski definition) is 1. The molecule has 0 heterocycles. The van der Waals surface area contributed by atoms with E-state index in [1.54, 1.807) is 0 Å². The predicted octanol–water partition coefficient (Wildman–Crippen LogP) is 1.03. The molecule has 0 saturated carbocycles. The molecule has 0 unspecified atom stereocenters. The number of rotatable bonds is 8. The lowest BCUT2D eigenvalue weighted by atomic mass is 10.2. The van der Waals surface area contributed by atoms with E-state index in [-0.39, 0.29) is 5.75 Å². The Kier molecular flexibility index (Phi) is 7.13. The van der Waals surface area contributed by atoms with Gasteiger partial charge >= 0.3 is 0 Å². The van der Waals surface area contributed by atoms with E-state index in [1.165, 1.54) is 4.31 Å². The van der Waals surface area contributed by atoms with E-state index in [4.69, 9.17) is 5.73 Å². The zero-order valence-electron chi connectivity index (χ0n) is 10.1. The lowest BCUT2D eigenvalue weighted by molar-refractivity contribution is 0.419. The summed E-state index contributed by atoms with van der Waals surface area (Å²) in [5.41, 5.74) is 5.38. The topological polar surface area (TPSA) is 63.4 Å². The van der Waals surface area contributed by atoms with Crippen molar-refractivity contribution in [3.8, 4) is 0 Å². The van der Waals surface area contributed by atoms with E-state index in [1.807, 2.05) is 20.8 Å². The summed E-state index contributed by atoms with van der Waals surface area (Å²) in [6.07, 6.45) is 1.45. The van der Waals surface area contributed by atoms with Gasteiger partial charge in [0.05, 0.1) is 5.75 Å². The van der Waals surface area contributed by atoms with Crippen LogP contribution in [0.4, 0.5) is 0 Å². The SMILES string of the molecule is CCN(CCCN)S(=O)(=O)CCC(C)C. The van der Waals surface area contributed by atoms with Crippen LogP contribution in [0.3, 0.4) is 0 Å². The Balaban J connectivity index is 4.25. The van der Waals surface area contributed by atoms with Crippen LogP contribution in [-0.2, 0) is 10.0 Å².